The Hall–Kier alpha value is -2.14. The van der Waals surface area contributed by atoms with E-state index in [1.165, 1.54) is 89.9 Å². The Bertz CT molecular complexity index is 1350. The van der Waals surface area contributed by atoms with Gasteiger partial charge in [-0.2, -0.15) is 0 Å². The van der Waals surface area contributed by atoms with Crippen molar-refractivity contribution in [2.45, 2.75) is 142 Å². The van der Waals surface area contributed by atoms with Crippen LogP contribution in [0, 0.1) is 11.8 Å². The predicted molar refractivity (Wildman–Crippen MR) is 190 cm³/mol. The van der Waals surface area contributed by atoms with Crippen molar-refractivity contribution in [1.82, 2.24) is 20.0 Å². The maximum atomic E-state index is 13.2. The third-order valence-corrected chi connectivity index (χ3v) is 13.2. The first kappa shape index (κ1) is 32.4. The van der Waals surface area contributed by atoms with Crippen molar-refractivity contribution in [2.24, 2.45) is 11.8 Å². The molecule has 2 saturated carbocycles. The Balaban J connectivity index is 1.14. The fourth-order valence-electron chi connectivity index (χ4n) is 8.95. The number of carbonyl (C=O) groups is 2. The molecule has 7 rings (SSSR count). The number of carbonyl (C=O) groups excluding carboxylic acids is 2. The number of benzene rings is 1. The molecule has 2 amide bonds. The lowest BCUT2D eigenvalue weighted by Crippen LogP contribution is -2.54. The van der Waals surface area contributed by atoms with E-state index in [-0.39, 0.29) is 11.8 Å². The summed E-state index contributed by atoms with van der Waals surface area (Å²) in [5.41, 5.74) is 1.75. The molecule has 4 aliphatic rings. The van der Waals surface area contributed by atoms with Crippen molar-refractivity contribution < 1.29 is 9.59 Å². The van der Waals surface area contributed by atoms with Gasteiger partial charge in [0.1, 0.15) is 0 Å². The molecule has 0 spiro atoms. The zero-order valence-corrected chi connectivity index (χ0v) is 29.6. The molecule has 10 heteroatoms. The van der Waals surface area contributed by atoms with Crippen LogP contribution in [0.4, 0.5) is 10.3 Å². The zero-order valence-electron chi connectivity index (χ0n) is 27.9. The highest BCUT2D eigenvalue weighted by atomic mass is 32.1. The highest BCUT2D eigenvalue weighted by molar-refractivity contribution is 7.24. The summed E-state index contributed by atoms with van der Waals surface area (Å²) in [5.74, 6) is 1.63. The van der Waals surface area contributed by atoms with Crippen molar-refractivity contribution in [3.05, 3.63) is 12.1 Å². The van der Waals surface area contributed by atoms with Crippen molar-refractivity contribution in [3.8, 4) is 0 Å². The monoisotopic (exact) mass is 664 g/mol. The van der Waals surface area contributed by atoms with E-state index >= 15 is 0 Å². The molecule has 2 aromatic heterocycles. The van der Waals surface area contributed by atoms with Crippen molar-refractivity contribution in [3.63, 3.8) is 0 Å². The van der Waals surface area contributed by atoms with Crippen LogP contribution in [0.2, 0.25) is 0 Å². The molecule has 250 valence electrons. The van der Waals surface area contributed by atoms with Gasteiger partial charge in [0, 0.05) is 39.0 Å². The molecule has 2 aliphatic carbocycles. The lowest BCUT2D eigenvalue weighted by Gasteiger charge is -2.43. The number of rotatable bonds is 8. The van der Waals surface area contributed by atoms with Gasteiger partial charge >= 0.3 is 0 Å². The molecule has 2 atom stereocenters. The predicted octanol–water partition coefficient (Wildman–Crippen LogP) is 9.09. The standard InChI is InChI=1S/C36H52N6O2S2/c1-25(43)41(39-19-11-9-17-29(39)21-27-13-5-3-6-14-27)35-37-31-23-32-34(24-33(31)45-35)46-36(38-32)42(26(2)44)40-20-12-10-18-30(40)22-28-15-7-4-8-16-28/h23-24,27-30H,3-22H2,1-2H3. The largest absolute Gasteiger partial charge is 0.273 e. The number of aromatic nitrogens is 2. The second-order valence-corrected chi connectivity index (χ2v) is 16.6. The van der Waals surface area contributed by atoms with Gasteiger partial charge in [-0.15, -0.1) is 0 Å². The SMILES string of the molecule is CC(=O)N(c1nc2cc3nc(N(C(C)=O)N4CCCCC4CC4CCCCC4)sc3cc2s1)N1CCCCC1CC1CCCCC1. The summed E-state index contributed by atoms with van der Waals surface area (Å²) in [6.45, 7) is 5.19. The third kappa shape index (κ3) is 7.01. The first-order valence-electron chi connectivity index (χ1n) is 18.3. The van der Waals surface area contributed by atoms with Crippen molar-refractivity contribution >= 4 is 65.2 Å². The highest BCUT2D eigenvalue weighted by Gasteiger charge is 2.35. The van der Waals surface area contributed by atoms with Crippen LogP contribution >= 0.6 is 22.7 Å². The van der Waals surface area contributed by atoms with E-state index in [2.05, 4.69) is 22.2 Å². The quantitative estimate of drug-likeness (QED) is 0.239. The summed E-state index contributed by atoms with van der Waals surface area (Å²) < 4.78 is 2.12. The minimum absolute atomic E-state index is 0.0400. The lowest BCUT2D eigenvalue weighted by atomic mass is 9.83. The summed E-state index contributed by atoms with van der Waals surface area (Å²) in [6.07, 6.45) is 22.8. The Morgan fingerprint density at radius 3 is 1.46 bits per heavy atom. The summed E-state index contributed by atoms with van der Waals surface area (Å²) in [6, 6.07) is 5.03. The molecule has 8 nitrogen and oxygen atoms in total. The summed E-state index contributed by atoms with van der Waals surface area (Å²) in [5, 5.41) is 10.0. The molecule has 4 heterocycles. The summed E-state index contributed by atoms with van der Waals surface area (Å²) in [4.78, 5) is 36.6. The van der Waals surface area contributed by atoms with Crippen LogP contribution in [-0.2, 0) is 9.59 Å². The third-order valence-electron chi connectivity index (χ3n) is 11.2. The van der Waals surface area contributed by atoms with Gasteiger partial charge < -0.3 is 0 Å². The Kier molecular flexibility index (Phi) is 10.2. The van der Waals surface area contributed by atoms with Crippen molar-refractivity contribution in [1.29, 1.82) is 0 Å². The van der Waals surface area contributed by atoms with Crippen LogP contribution in [0.25, 0.3) is 20.4 Å². The highest BCUT2D eigenvalue weighted by Crippen LogP contribution is 2.40. The van der Waals surface area contributed by atoms with Crippen LogP contribution in [0.1, 0.15) is 129 Å². The molecule has 0 radical (unpaired) electrons. The number of nitrogens with zero attached hydrogens (tertiary/aromatic N) is 6. The first-order valence-corrected chi connectivity index (χ1v) is 19.9. The minimum atomic E-state index is 0.0400. The maximum absolute atomic E-state index is 13.2. The van der Waals surface area contributed by atoms with Crippen LogP contribution in [0.3, 0.4) is 0 Å². The lowest BCUT2D eigenvalue weighted by molar-refractivity contribution is -0.121. The molecule has 2 aliphatic heterocycles. The zero-order chi connectivity index (χ0) is 31.6. The van der Waals surface area contributed by atoms with E-state index in [1.54, 1.807) is 36.5 Å². The molecule has 2 unspecified atom stereocenters. The molecular weight excluding hydrogens is 613 g/mol. The van der Waals surface area contributed by atoms with Crippen LogP contribution in [-0.4, -0.2) is 57.0 Å². The molecule has 46 heavy (non-hydrogen) atoms. The smallest absolute Gasteiger partial charge is 0.240 e. The van der Waals surface area contributed by atoms with E-state index in [4.69, 9.17) is 9.97 Å². The fourth-order valence-corrected chi connectivity index (χ4v) is 11.1. The molecular formula is C36H52N6O2S2. The van der Waals surface area contributed by atoms with Crippen LogP contribution in [0.15, 0.2) is 12.1 Å². The van der Waals surface area contributed by atoms with Gasteiger partial charge in [-0.3, -0.25) is 9.59 Å². The number of hydrogen-bond donors (Lipinski definition) is 0. The van der Waals surface area contributed by atoms with E-state index < -0.39 is 0 Å². The topological polar surface area (TPSA) is 72.9 Å². The van der Waals surface area contributed by atoms with Gasteiger partial charge in [-0.05, 0) is 62.5 Å². The number of piperidine rings is 2. The van der Waals surface area contributed by atoms with E-state index in [0.29, 0.717) is 12.1 Å². The van der Waals surface area contributed by atoms with Gasteiger partial charge in [0.2, 0.25) is 22.1 Å². The van der Waals surface area contributed by atoms with E-state index in [1.807, 2.05) is 10.0 Å². The van der Waals surface area contributed by atoms with Gasteiger partial charge in [0.05, 0.1) is 20.4 Å². The molecule has 4 fully saturated rings. The number of hydrogen-bond acceptors (Lipinski definition) is 8. The number of thiazole rings is 2. The fraction of sp³-hybridized carbons (Fsp3) is 0.722. The average Bonchev–Trinajstić information content (AvgIpc) is 3.65. The molecule has 0 bridgehead atoms. The van der Waals surface area contributed by atoms with Crippen LogP contribution < -0.4 is 10.0 Å². The second kappa shape index (κ2) is 14.5. The normalized spacial score (nSPS) is 24.5. The number of fused-ring (bicyclic) bond motifs is 2. The number of hydrazine groups is 2. The van der Waals surface area contributed by atoms with E-state index in [0.717, 1.165) is 81.3 Å². The van der Waals surface area contributed by atoms with Gasteiger partial charge in [0.15, 0.2) is 0 Å². The van der Waals surface area contributed by atoms with E-state index in [9.17, 15) is 9.59 Å². The Labute approximate surface area is 282 Å². The van der Waals surface area contributed by atoms with Crippen LogP contribution in [0.5, 0.6) is 0 Å². The summed E-state index contributed by atoms with van der Waals surface area (Å²) in [7, 11) is 0. The average molecular weight is 665 g/mol. The molecule has 3 aromatic rings. The number of amides is 2. The molecule has 1 aromatic carbocycles. The minimum Gasteiger partial charge on any atom is -0.273 e. The van der Waals surface area contributed by atoms with Crippen molar-refractivity contribution in [2.75, 3.05) is 23.1 Å². The maximum Gasteiger partial charge on any atom is 0.240 e. The second-order valence-electron chi connectivity index (χ2n) is 14.5. The Morgan fingerprint density at radius 2 is 1.04 bits per heavy atom. The molecule has 0 N–H and O–H groups in total. The molecule has 2 saturated heterocycles. The van der Waals surface area contributed by atoms with Gasteiger partial charge in [-0.25, -0.2) is 30.0 Å². The number of anilines is 2. The van der Waals surface area contributed by atoms with Gasteiger partial charge in [-0.1, -0.05) is 99.7 Å². The Morgan fingerprint density at radius 1 is 0.630 bits per heavy atom. The first-order chi connectivity index (χ1) is 22.4. The summed E-state index contributed by atoms with van der Waals surface area (Å²) >= 11 is 3.20. The van der Waals surface area contributed by atoms with Gasteiger partial charge in [0.25, 0.3) is 0 Å².